The van der Waals surface area contributed by atoms with Crippen molar-refractivity contribution in [3.63, 3.8) is 0 Å². The molecule has 3 heteroatoms. The quantitative estimate of drug-likeness (QED) is 0.606. The molecule has 2 aromatic carbocycles. The largest absolute Gasteiger partial charge is 0.497 e. The van der Waals surface area contributed by atoms with Gasteiger partial charge in [0.05, 0.1) is 12.8 Å². The molecule has 0 spiro atoms. The van der Waals surface area contributed by atoms with Gasteiger partial charge >= 0.3 is 0 Å². The summed E-state index contributed by atoms with van der Waals surface area (Å²) in [5.74, 6) is 1.48. The summed E-state index contributed by atoms with van der Waals surface area (Å²) in [6.45, 7) is 1.92. The van der Waals surface area contributed by atoms with Crippen molar-refractivity contribution in [3.8, 4) is 11.5 Å². The Labute approximate surface area is 107 Å². The molecule has 0 aliphatic carbocycles. The second kappa shape index (κ2) is 5.87. The zero-order valence-corrected chi connectivity index (χ0v) is 10.5. The number of ether oxygens (including phenoxy) is 1. The van der Waals surface area contributed by atoms with E-state index in [9.17, 15) is 0 Å². The maximum atomic E-state index is 5.35. The summed E-state index contributed by atoms with van der Waals surface area (Å²) in [7, 11) is 1.63. The smallest absolute Gasteiger partial charge is 0.158 e. The molecule has 0 aliphatic heterocycles. The van der Waals surface area contributed by atoms with E-state index in [1.54, 1.807) is 7.11 Å². The molecule has 0 aliphatic rings. The van der Waals surface area contributed by atoms with Crippen molar-refractivity contribution < 1.29 is 9.57 Å². The van der Waals surface area contributed by atoms with Gasteiger partial charge in [-0.05, 0) is 36.8 Å². The first-order valence-electron chi connectivity index (χ1n) is 5.70. The first-order chi connectivity index (χ1) is 8.79. The van der Waals surface area contributed by atoms with Crippen LogP contribution in [0.15, 0.2) is 59.8 Å². The third-order valence-electron chi connectivity index (χ3n) is 2.54. The van der Waals surface area contributed by atoms with E-state index in [4.69, 9.17) is 9.57 Å². The van der Waals surface area contributed by atoms with Gasteiger partial charge in [-0.1, -0.05) is 35.5 Å². The van der Waals surface area contributed by atoms with Gasteiger partial charge < -0.3 is 9.57 Å². The third kappa shape index (κ3) is 3.10. The molecule has 2 rings (SSSR count). The number of nitrogens with zero attached hydrogens (tertiary/aromatic N) is 1. The molecule has 0 N–H and O–H groups in total. The topological polar surface area (TPSA) is 30.8 Å². The highest BCUT2D eigenvalue weighted by molar-refractivity contribution is 5.98. The lowest BCUT2D eigenvalue weighted by Gasteiger charge is -2.03. The maximum Gasteiger partial charge on any atom is 0.158 e. The summed E-state index contributed by atoms with van der Waals surface area (Å²) >= 11 is 0. The SMILES string of the molecule is COc1ccc(O/N=C(\C)c2ccccc2)cc1. The molecular formula is C15H15NO2. The van der Waals surface area contributed by atoms with Crippen LogP contribution in [0.3, 0.4) is 0 Å². The first kappa shape index (κ1) is 12.2. The van der Waals surface area contributed by atoms with Gasteiger partial charge in [-0.25, -0.2) is 0 Å². The average molecular weight is 241 g/mol. The summed E-state index contributed by atoms with van der Waals surface area (Å²) in [5.41, 5.74) is 1.89. The number of hydrogen-bond acceptors (Lipinski definition) is 3. The van der Waals surface area contributed by atoms with Crippen LogP contribution in [0, 0.1) is 0 Å². The van der Waals surface area contributed by atoms with Gasteiger partial charge in [0.2, 0.25) is 0 Å². The lowest BCUT2D eigenvalue weighted by atomic mass is 10.1. The molecule has 2 aromatic rings. The fraction of sp³-hybridized carbons (Fsp3) is 0.133. The highest BCUT2D eigenvalue weighted by atomic mass is 16.6. The van der Waals surface area contributed by atoms with Crippen molar-refractivity contribution in [1.82, 2.24) is 0 Å². The van der Waals surface area contributed by atoms with E-state index in [-0.39, 0.29) is 0 Å². The number of hydrogen-bond donors (Lipinski definition) is 0. The molecule has 0 heterocycles. The number of oxime groups is 1. The molecule has 0 unspecified atom stereocenters. The predicted octanol–water partition coefficient (Wildman–Crippen LogP) is 3.50. The molecule has 0 atom stereocenters. The van der Waals surface area contributed by atoms with Gasteiger partial charge in [0, 0.05) is 0 Å². The molecule has 0 radical (unpaired) electrons. The summed E-state index contributed by atoms with van der Waals surface area (Å²) in [6.07, 6.45) is 0. The van der Waals surface area contributed by atoms with Crippen molar-refractivity contribution in [2.45, 2.75) is 6.92 Å². The summed E-state index contributed by atoms with van der Waals surface area (Å²) in [6, 6.07) is 17.2. The molecule has 18 heavy (non-hydrogen) atoms. The molecule has 0 fully saturated rings. The van der Waals surface area contributed by atoms with Crippen LogP contribution in [-0.4, -0.2) is 12.8 Å². The minimum Gasteiger partial charge on any atom is -0.497 e. The van der Waals surface area contributed by atoms with Crippen molar-refractivity contribution in [2.75, 3.05) is 7.11 Å². The highest BCUT2D eigenvalue weighted by Gasteiger charge is 1.98. The van der Waals surface area contributed by atoms with Crippen LogP contribution in [0.4, 0.5) is 0 Å². The molecule has 92 valence electrons. The molecule has 3 nitrogen and oxygen atoms in total. The van der Waals surface area contributed by atoms with Crippen LogP contribution in [0.5, 0.6) is 11.5 Å². The minimum atomic E-state index is 0.686. The van der Waals surface area contributed by atoms with Crippen LogP contribution in [-0.2, 0) is 0 Å². The minimum absolute atomic E-state index is 0.686. The Morgan fingerprint density at radius 1 is 0.889 bits per heavy atom. The Kier molecular flexibility index (Phi) is 3.97. The van der Waals surface area contributed by atoms with E-state index >= 15 is 0 Å². The van der Waals surface area contributed by atoms with Gasteiger partial charge in [-0.3, -0.25) is 0 Å². The van der Waals surface area contributed by atoms with Gasteiger partial charge in [0.1, 0.15) is 5.75 Å². The third-order valence-corrected chi connectivity index (χ3v) is 2.54. The fourth-order valence-electron chi connectivity index (χ4n) is 1.49. The van der Waals surface area contributed by atoms with Crippen LogP contribution < -0.4 is 9.57 Å². The Morgan fingerprint density at radius 2 is 1.50 bits per heavy atom. The van der Waals surface area contributed by atoms with Crippen LogP contribution in [0.2, 0.25) is 0 Å². The Morgan fingerprint density at radius 3 is 2.11 bits per heavy atom. The molecule has 0 saturated carbocycles. The van der Waals surface area contributed by atoms with Crippen LogP contribution >= 0.6 is 0 Å². The Bertz CT molecular complexity index is 518. The summed E-state index contributed by atoms with van der Waals surface area (Å²) in [4.78, 5) is 5.35. The zero-order chi connectivity index (χ0) is 12.8. The lowest BCUT2D eigenvalue weighted by molar-refractivity contribution is 0.340. The molecule has 0 bridgehead atoms. The monoisotopic (exact) mass is 241 g/mol. The van der Waals surface area contributed by atoms with Gasteiger partial charge in [-0.15, -0.1) is 0 Å². The van der Waals surface area contributed by atoms with E-state index in [1.165, 1.54) is 0 Å². The van der Waals surface area contributed by atoms with Crippen molar-refractivity contribution in [3.05, 3.63) is 60.2 Å². The maximum absolute atomic E-state index is 5.35. The number of methoxy groups -OCH3 is 1. The summed E-state index contributed by atoms with van der Waals surface area (Å²) in [5, 5.41) is 4.10. The van der Waals surface area contributed by atoms with Gasteiger partial charge in [0.15, 0.2) is 5.75 Å². The Hall–Kier alpha value is -2.29. The number of rotatable bonds is 4. The molecule has 0 aromatic heterocycles. The van der Waals surface area contributed by atoms with E-state index < -0.39 is 0 Å². The van der Waals surface area contributed by atoms with E-state index in [0.717, 1.165) is 17.0 Å². The van der Waals surface area contributed by atoms with Gasteiger partial charge in [0.25, 0.3) is 0 Å². The van der Waals surface area contributed by atoms with Crippen molar-refractivity contribution in [1.29, 1.82) is 0 Å². The van der Waals surface area contributed by atoms with Crippen LogP contribution in [0.25, 0.3) is 0 Å². The van der Waals surface area contributed by atoms with E-state index in [2.05, 4.69) is 5.16 Å². The first-order valence-corrected chi connectivity index (χ1v) is 5.70. The summed E-state index contributed by atoms with van der Waals surface area (Å²) < 4.78 is 5.07. The molecular weight excluding hydrogens is 226 g/mol. The number of benzene rings is 2. The normalized spacial score (nSPS) is 11.1. The zero-order valence-electron chi connectivity index (χ0n) is 10.5. The standard InChI is InChI=1S/C15H15NO2/c1-12(13-6-4-3-5-7-13)16-18-15-10-8-14(17-2)9-11-15/h3-11H,1-2H3/b16-12+. The fourth-order valence-corrected chi connectivity index (χ4v) is 1.49. The second-order valence-corrected chi connectivity index (χ2v) is 3.81. The average Bonchev–Trinajstić information content (AvgIpc) is 2.46. The highest BCUT2D eigenvalue weighted by Crippen LogP contribution is 2.17. The van der Waals surface area contributed by atoms with Crippen molar-refractivity contribution in [2.24, 2.45) is 5.16 Å². The predicted molar refractivity (Wildman–Crippen MR) is 72.3 cm³/mol. The second-order valence-electron chi connectivity index (χ2n) is 3.81. The molecule has 0 saturated heterocycles. The lowest BCUT2D eigenvalue weighted by Crippen LogP contribution is -1.97. The molecule has 0 amide bonds. The Balaban J connectivity index is 2.05. The van der Waals surface area contributed by atoms with E-state index in [0.29, 0.717) is 5.75 Å². The van der Waals surface area contributed by atoms with Gasteiger partial charge in [-0.2, -0.15) is 0 Å². The van der Waals surface area contributed by atoms with Crippen LogP contribution in [0.1, 0.15) is 12.5 Å². The van der Waals surface area contributed by atoms with Crippen molar-refractivity contribution >= 4 is 5.71 Å². The van der Waals surface area contributed by atoms with E-state index in [1.807, 2.05) is 61.5 Å².